The Hall–Kier alpha value is -6.34. The topological polar surface area (TPSA) is 68.3 Å². The number of ether oxygens (including phenoxy) is 3. The molecule has 0 saturated carbocycles. The summed E-state index contributed by atoms with van der Waals surface area (Å²) in [6.07, 6.45) is 1.64. The molecule has 7 heteroatoms. The summed E-state index contributed by atoms with van der Waals surface area (Å²) in [6.45, 7) is 0. The van der Waals surface area contributed by atoms with E-state index in [1.165, 1.54) is 0 Å². The maximum absolute atomic E-state index is 11.2. The second-order valence-corrected chi connectivity index (χ2v) is 10.6. The van der Waals surface area contributed by atoms with Crippen LogP contribution in [0.25, 0.3) is 0 Å². The molecule has 0 atom stereocenters. The lowest BCUT2D eigenvalue weighted by molar-refractivity contribution is 0.111. The monoisotopic (exact) mass is 620 g/mol. The number of methoxy groups -OCH3 is 2. The highest BCUT2D eigenvalue weighted by Crippen LogP contribution is 2.39. The summed E-state index contributed by atoms with van der Waals surface area (Å²) in [6, 6.07) is 46.2. The third kappa shape index (κ3) is 7.00. The van der Waals surface area contributed by atoms with E-state index in [9.17, 15) is 9.59 Å². The van der Waals surface area contributed by atoms with E-state index in [1.807, 2.05) is 121 Å². The van der Waals surface area contributed by atoms with E-state index in [-0.39, 0.29) is 0 Å². The summed E-state index contributed by atoms with van der Waals surface area (Å²) in [5, 5.41) is 0. The number of rotatable bonds is 12. The molecule has 0 radical (unpaired) electrons. The Morgan fingerprint density at radius 2 is 0.596 bits per heavy atom. The summed E-state index contributed by atoms with van der Waals surface area (Å²) in [4.78, 5) is 26.7. The molecule has 0 unspecified atom stereocenters. The first kappa shape index (κ1) is 30.7. The zero-order valence-electron chi connectivity index (χ0n) is 25.9. The van der Waals surface area contributed by atoms with Gasteiger partial charge in [0.25, 0.3) is 0 Å². The summed E-state index contributed by atoms with van der Waals surface area (Å²) < 4.78 is 17.0. The second kappa shape index (κ2) is 14.2. The van der Waals surface area contributed by atoms with Gasteiger partial charge in [-0.15, -0.1) is 0 Å². The fourth-order valence-electron chi connectivity index (χ4n) is 5.22. The van der Waals surface area contributed by atoms with Gasteiger partial charge in [-0.2, -0.15) is 0 Å². The van der Waals surface area contributed by atoms with Crippen LogP contribution in [0, 0.1) is 0 Å². The van der Waals surface area contributed by atoms with Crippen LogP contribution >= 0.6 is 0 Å². The first-order valence-corrected chi connectivity index (χ1v) is 15.0. The highest BCUT2D eigenvalue weighted by Gasteiger charge is 2.15. The molecule has 0 spiro atoms. The fourth-order valence-corrected chi connectivity index (χ4v) is 5.22. The summed E-state index contributed by atoms with van der Waals surface area (Å²) >= 11 is 0. The van der Waals surface area contributed by atoms with Gasteiger partial charge in [0.15, 0.2) is 0 Å². The standard InChI is InChI=1S/C40H32N2O5/c1-45-37-19-11-33(12-20-37)42(34-13-21-38(46-2)22-14-34)36-17-25-40(26-18-36)47-39-23-15-35(16-24-39)41(31-7-3-29(27-43)4-8-31)32-9-5-30(28-44)6-10-32/h3-28H,1-2H3. The molecule has 0 heterocycles. The summed E-state index contributed by atoms with van der Waals surface area (Å²) in [7, 11) is 3.31. The first-order valence-electron chi connectivity index (χ1n) is 15.0. The van der Waals surface area contributed by atoms with Crippen LogP contribution < -0.4 is 24.0 Å². The highest BCUT2D eigenvalue weighted by atomic mass is 16.5. The number of carbonyl (C=O) groups is 2. The molecule has 0 saturated heterocycles. The maximum atomic E-state index is 11.2. The molecule has 0 aliphatic heterocycles. The average Bonchev–Trinajstić information content (AvgIpc) is 3.14. The third-order valence-electron chi connectivity index (χ3n) is 7.66. The second-order valence-electron chi connectivity index (χ2n) is 10.6. The van der Waals surface area contributed by atoms with Gasteiger partial charge < -0.3 is 24.0 Å². The molecule has 0 aliphatic carbocycles. The van der Waals surface area contributed by atoms with Gasteiger partial charge in [-0.05, 0) is 146 Å². The van der Waals surface area contributed by atoms with Crippen LogP contribution in [0.1, 0.15) is 20.7 Å². The molecule has 0 aromatic heterocycles. The van der Waals surface area contributed by atoms with Crippen molar-refractivity contribution in [2.24, 2.45) is 0 Å². The van der Waals surface area contributed by atoms with E-state index in [0.717, 1.165) is 58.2 Å². The Labute approximate surface area is 273 Å². The quantitative estimate of drug-likeness (QED) is 0.126. The first-order chi connectivity index (χ1) is 23.1. The van der Waals surface area contributed by atoms with Crippen molar-refractivity contribution < 1.29 is 23.8 Å². The SMILES string of the molecule is COc1ccc(N(c2ccc(OC)cc2)c2ccc(Oc3ccc(N(c4ccc(C=O)cc4)c4ccc(C=O)cc4)cc3)cc2)cc1. The maximum Gasteiger partial charge on any atom is 0.150 e. The van der Waals surface area contributed by atoms with Gasteiger partial charge in [0.1, 0.15) is 35.6 Å². The Morgan fingerprint density at radius 3 is 0.830 bits per heavy atom. The molecule has 0 N–H and O–H groups in total. The van der Waals surface area contributed by atoms with E-state index >= 15 is 0 Å². The largest absolute Gasteiger partial charge is 0.497 e. The minimum absolute atomic E-state index is 0.593. The zero-order valence-corrected chi connectivity index (χ0v) is 25.9. The van der Waals surface area contributed by atoms with Crippen LogP contribution in [-0.2, 0) is 0 Å². The average molecular weight is 621 g/mol. The van der Waals surface area contributed by atoms with Crippen LogP contribution in [-0.4, -0.2) is 26.8 Å². The van der Waals surface area contributed by atoms with Crippen LogP contribution in [0.4, 0.5) is 34.1 Å². The van der Waals surface area contributed by atoms with Crippen LogP contribution in [0.5, 0.6) is 23.0 Å². The van der Waals surface area contributed by atoms with Crippen LogP contribution in [0.3, 0.4) is 0 Å². The van der Waals surface area contributed by atoms with Crippen molar-refractivity contribution in [1.29, 1.82) is 0 Å². The predicted octanol–water partition coefficient (Wildman–Crippen LogP) is 10.1. The van der Waals surface area contributed by atoms with Gasteiger partial charge in [0, 0.05) is 45.3 Å². The lowest BCUT2D eigenvalue weighted by Gasteiger charge is -2.26. The molecule has 6 aromatic rings. The molecular weight excluding hydrogens is 588 g/mol. The van der Waals surface area contributed by atoms with Gasteiger partial charge in [0.2, 0.25) is 0 Å². The molecule has 0 fully saturated rings. The Balaban J connectivity index is 1.25. The van der Waals surface area contributed by atoms with Crippen molar-refractivity contribution in [3.05, 3.63) is 157 Å². The third-order valence-corrected chi connectivity index (χ3v) is 7.66. The van der Waals surface area contributed by atoms with Crippen molar-refractivity contribution in [2.45, 2.75) is 0 Å². The van der Waals surface area contributed by atoms with Crippen molar-refractivity contribution in [3.63, 3.8) is 0 Å². The van der Waals surface area contributed by atoms with Crippen molar-refractivity contribution in [3.8, 4) is 23.0 Å². The zero-order chi connectivity index (χ0) is 32.6. The highest BCUT2D eigenvalue weighted by molar-refractivity contribution is 5.82. The number of aldehydes is 2. The molecule has 6 rings (SSSR count). The van der Waals surface area contributed by atoms with E-state index in [4.69, 9.17) is 14.2 Å². The summed E-state index contributed by atoms with van der Waals surface area (Å²) in [5.41, 5.74) is 6.73. The van der Waals surface area contributed by atoms with Crippen molar-refractivity contribution >= 4 is 46.7 Å². The van der Waals surface area contributed by atoms with E-state index in [1.54, 1.807) is 38.5 Å². The molecule has 7 nitrogen and oxygen atoms in total. The molecule has 6 aromatic carbocycles. The molecule has 0 aliphatic rings. The Morgan fingerprint density at radius 1 is 0.362 bits per heavy atom. The number of hydrogen-bond donors (Lipinski definition) is 0. The smallest absolute Gasteiger partial charge is 0.150 e. The van der Waals surface area contributed by atoms with Gasteiger partial charge in [0.05, 0.1) is 14.2 Å². The minimum atomic E-state index is 0.593. The predicted molar refractivity (Wildman–Crippen MR) is 186 cm³/mol. The fraction of sp³-hybridized carbons (Fsp3) is 0.0500. The van der Waals surface area contributed by atoms with Gasteiger partial charge in [-0.1, -0.05) is 0 Å². The van der Waals surface area contributed by atoms with Gasteiger partial charge in [-0.25, -0.2) is 0 Å². The number of nitrogens with zero attached hydrogens (tertiary/aromatic N) is 2. The molecule has 0 bridgehead atoms. The van der Waals surface area contributed by atoms with Gasteiger partial charge >= 0.3 is 0 Å². The number of hydrogen-bond acceptors (Lipinski definition) is 7. The Kier molecular flexibility index (Phi) is 9.25. The normalized spacial score (nSPS) is 10.5. The molecule has 47 heavy (non-hydrogen) atoms. The van der Waals surface area contributed by atoms with Crippen molar-refractivity contribution in [1.82, 2.24) is 0 Å². The Bertz CT molecular complexity index is 1820. The van der Waals surface area contributed by atoms with Crippen LogP contribution in [0.15, 0.2) is 146 Å². The lowest BCUT2D eigenvalue weighted by Crippen LogP contribution is -2.10. The van der Waals surface area contributed by atoms with Crippen LogP contribution in [0.2, 0.25) is 0 Å². The van der Waals surface area contributed by atoms with Gasteiger partial charge in [-0.3, -0.25) is 9.59 Å². The van der Waals surface area contributed by atoms with E-state index in [2.05, 4.69) is 9.80 Å². The number of carbonyl (C=O) groups excluding carboxylic acids is 2. The molecular formula is C40H32N2O5. The lowest BCUT2D eigenvalue weighted by atomic mass is 10.1. The van der Waals surface area contributed by atoms with E-state index < -0.39 is 0 Å². The molecule has 0 amide bonds. The summed E-state index contributed by atoms with van der Waals surface area (Å²) in [5.74, 6) is 2.94. The van der Waals surface area contributed by atoms with Crippen molar-refractivity contribution in [2.75, 3.05) is 24.0 Å². The number of anilines is 6. The molecule has 232 valence electrons. The van der Waals surface area contributed by atoms with E-state index in [0.29, 0.717) is 22.6 Å². The minimum Gasteiger partial charge on any atom is -0.497 e. The number of benzene rings is 6.